The molecule has 3 rings (SSSR count). The van der Waals surface area contributed by atoms with Crippen molar-refractivity contribution < 1.29 is 14.3 Å². The minimum Gasteiger partial charge on any atom is -0.448 e. The fourth-order valence-corrected chi connectivity index (χ4v) is 3.92. The first kappa shape index (κ1) is 15.1. The normalized spacial score (nSPS) is 31.9. The van der Waals surface area contributed by atoms with E-state index in [4.69, 9.17) is 4.74 Å². The number of carbonyl (C=O) groups is 2. The van der Waals surface area contributed by atoms with Crippen molar-refractivity contribution in [1.29, 1.82) is 0 Å². The van der Waals surface area contributed by atoms with Crippen molar-refractivity contribution in [2.24, 2.45) is 10.8 Å². The molecular weight excluding hydrogens is 278 g/mol. The van der Waals surface area contributed by atoms with Crippen LogP contribution in [0.1, 0.15) is 46.1 Å². The first-order chi connectivity index (χ1) is 10.3. The number of fused-ring (bicyclic) bond motifs is 2. The van der Waals surface area contributed by atoms with Gasteiger partial charge in [0.1, 0.15) is 0 Å². The van der Waals surface area contributed by atoms with Gasteiger partial charge in [-0.1, -0.05) is 39.0 Å². The van der Waals surface area contributed by atoms with Gasteiger partial charge < -0.3 is 10.1 Å². The van der Waals surface area contributed by atoms with Crippen molar-refractivity contribution in [3.05, 3.63) is 29.8 Å². The van der Waals surface area contributed by atoms with Gasteiger partial charge in [0.2, 0.25) is 0 Å². The van der Waals surface area contributed by atoms with Gasteiger partial charge in [0.25, 0.3) is 5.91 Å². The first-order valence-corrected chi connectivity index (χ1v) is 7.91. The van der Waals surface area contributed by atoms with Crippen LogP contribution in [0.4, 0.5) is 5.69 Å². The Balaban J connectivity index is 1.95. The van der Waals surface area contributed by atoms with E-state index < -0.39 is 16.4 Å². The third kappa shape index (κ3) is 1.64. The van der Waals surface area contributed by atoms with Crippen molar-refractivity contribution in [2.75, 3.05) is 5.32 Å². The second-order valence-corrected chi connectivity index (χ2v) is 7.14. The van der Waals surface area contributed by atoms with Gasteiger partial charge in [-0.25, -0.2) is 0 Å². The maximum Gasteiger partial charge on any atom is 0.313 e. The highest BCUT2D eigenvalue weighted by Gasteiger charge is 2.75. The minimum absolute atomic E-state index is 0.201. The van der Waals surface area contributed by atoms with Crippen molar-refractivity contribution in [3.63, 3.8) is 0 Å². The zero-order valence-corrected chi connectivity index (χ0v) is 13.7. The molecule has 1 heterocycles. The van der Waals surface area contributed by atoms with E-state index in [9.17, 15) is 9.59 Å². The van der Waals surface area contributed by atoms with Crippen LogP contribution in [-0.2, 0) is 20.7 Å². The number of rotatable bonds is 3. The van der Waals surface area contributed by atoms with Gasteiger partial charge in [0, 0.05) is 11.1 Å². The number of benzene rings is 1. The summed E-state index contributed by atoms with van der Waals surface area (Å²) in [5.74, 6) is -0.448. The summed E-state index contributed by atoms with van der Waals surface area (Å²) < 4.78 is 5.62. The van der Waals surface area contributed by atoms with E-state index in [1.165, 1.54) is 0 Å². The summed E-state index contributed by atoms with van der Waals surface area (Å²) in [7, 11) is 0. The zero-order chi connectivity index (χ0) is 16.2. The molecule has 0 radical (unpaired) electrons. The Kier molecular flexibility index (Phi) is 3.13. The lowest BCUT2D eigenvalue weighted by Gasteiger charge is -2.35. The third-order valence-corrected chi connectivity index (χ3v) is 6.10. The fraction of sp³-hybridized carbons (Fsp3) is 0.556. The number of amides is 1. The lowest BCUT2D eigenvalue weighted by atomic mass is 9.66. The molecule has 1 saturated heterocycles. The van der Waals surface area contributed by atoms with Gasteiger partial charge in [-0.2, -0.15) is 0 Å². The van der Waals surface area contributed by atoms with E-state index in [1.54, 1.807) is 0 Å². The van der Waals surface area contributed by atoms with Crippen LogP contribution in [0.3, 0.4) is 0 Å². The molecule has 22 heavy (non-hydrogen) atoms. The van der Waals surface area contributed by atoms with Gasteiger partial charge in [0.05, 0.1) is 5.41 Å². The summed E-state index contributed by atoms with van der Waals surface area (Å²) >= 11 is 0. The van der Waals surface area contributed by atoms with E-state index in [2.05, 4.69) is 12.2 Å². The second-order valence-electron chi connectivity index (χ2n) is 7.14. The number of hydrogen-bond acceptors (Lipinski definition) is 3. The highest BCUT2D eigenvalue weighted by Crippen LogP contribution is 2.65. The number of anilines is 1. The molecular formula is C18H23NO3. The number of hydrogen-bond donors (Lipinski definition) is 1. The molecule has 2 bridgehead atoms. The average Bonchev–Trinajstić information content (AvgIpc) is 2.78. The van der Waals surface area contributed by atoms with Gasteiger partial charge in [0.15, 0.2) is 5.60 Å². The molecule has 1 aliphatic heterocycles. The zero-order valence-electron chi connectivity index (χ0n) is 13.7. The van der Waals surface area contributed by atoms with Gasteiger partial charge >= 0.3 is 5.97 Å². The Labute approximate surface area is 131 Å². The molecule has 1 aromatic rings. The molecule has 1 amide bonds. The summed E-state index contributed by atoms with van der Waals surface area (Å²) in [5, 5.41) is 3.00. The number of para-hydroxylation sites is 1. The number of nitrogens with one attached hydrogen (secondary N) is 1. The first-order valence-electron chi connectivity index (χ1n) is 7.91. The molecule has 2 atom stereocenters. The minimum atomic E-state index is -1.06. The van der Waals surface area contributed by atoms with Crippen LogP contribution in [0.5, 0.6) is 0 Å². The smallest absolute Gasteiger partial charge is 0.313 e. The Morgan fingerprint density at radius 1 is 1.23 bits per heavy atom. The lowest BCUT2D eigenvalue weighted by molar-refractivity contribution is -0.165. The second kappa shape index (κ2) is 4.58. The van der Waals surface area contributed by atoms with Crippen LogP contribution < -0.4 is 5.32 Å². The van der Waals surface area contributed by atoms with Crippen molar-refractivity contribution >= 4 is 17.6 Å². The predicted octanol–water partition coefficient (Wildman–Crippen LogP) is 3.31. The SMILES string of the molecule is CCc1ccccc1NC(=O)C12CCC(C)(C(=O)O1)C2(C)C. The molecule has 0 spiro atoms. The molecule has 1 saturated carbocycles. The van der Waals surface area contributed by atoms with E-state index >= 15 is 0 Å². The third-order valence-electron chi connectivity index (χ3n) is 6.10. The lowest BCUT2D eigenvalue weighted by Crippen LogP contribution is -2.50. The maximum absolute atomic E-state index is 13.0. The van der Waals surface area contributed by atoms with Crippen LogP contribution in [0, 0.1) is 10.8 Å². The fourth-order valence-electron chi connectivity index (χ4n) is 3.92. The number of carbonyl (C=O) groups excluding carboxylic acids is 2. The molecule has 1 aromatic carbocycles. The molecule has 2 fully saturated rings. The highest BCUT2D eigenvalue weighted by atomic mass is 16.6. The monoisotopic (exact) mass is 301 g/mol. The summed E-state index contributed by atoms with van der Waals surface area (Å²) in [4.78, 5) is 25.2. The Morgan fingerprint density at radius 3 is 2.45 bits per heavy atom. The van der Waals surface area contributed by atoms with Gasteiger partial charge in [-0.3, -0.25) is 9.59 Å². The average molecular weight is 301 g/mol. The van der Waals surface area contributed by atoms with E-state index in [0.29, 0.717) is 12.8 Å². The molecule has 2 aliphatic rings. The Morgan fingerprint density at radius 2 is 1.91 bits per heavy atom. The molecule has 1 N–H and O–H groups in total. The quantitative estimate of drug-likeness (QED) is 0.871. The van der Waals surface area contributed by atoms with Gasteiger partial charge in [-0.15, -0.1) is 0 Å². The van der Waals surface area contributed by atoms with Gasteiger partial charge in [-0.05, 0) is 37.8 Å². The molecule has 1 aliphatic carbocycles. The summed E-state index contributed by atoms with van der Waals surface area (Å²) in [6.45, 7) is 7.90. The molecule has 2 unspecified atom stereocenters. The Bertz CT molecular complexity index is 651. The van der Waals surface area contributed by atoms with Crippen molar-refractivity contribution in [2.45, 2.75) is 52.6 Å². The Hall–Kier alpha value is -1.84. The van der Waals surface area contributed by atoms with Crippen LogP contribution in [-0.4, -0.2) is 17.5 Å². The number of ether oxygens (including phenoxy) is 1. The summed E-state index contributed by atoms with van der Waals surface area (Å²) in [6, 6.07) is 7.75. The van der Waals surface area contributed by atoms with E-state index in [-0.39, 0.29) is 11.9 Å². The van der Waals surface area contributed by atoms with Crippen molar-refractivity contribution in [1.82, 2.24) is 0 Å². The molecule has 118 valence electrons. The van der Waals surface area contributed by atoms with Crippen LogP contribution >= 0.6 is 0 Å². The summed E-state index contributed by atoms with van der Waals surface area (Å²) in [6.07, 6.45) is 2.12. The van der Waals surface area contributed by atoms with Crippen molar-refractivity contribution in [3.8, 4) is 0 Å². The highest BCUT2D eigenvalue weighted by molar-refractivity contribution is 6.03. The maximum atomic E-state index is 13.0. The topological polar surface area (TPSA) is 55.4 Å². The number of aryl methyl sites for hydroxylation is 1. The summed E-state index contributed by atoms with van der Waals surface area (Å²) in [5.41, 5.74) is -0.261. The molecule has 4 heteroatoms. The number of esters is 1. The van der Waals surface area contributed by atoms with Crippen LogP contribution in [0.2, 0.25) is 0 Å². The van der Waals surface area contributed by atoms with E-state index in [1.807, 2.05) is 45.0 Å². The predicted molar refractivity (Wildman–Crippen MR) is 84.4 cm³/mol. The molecule has 4 nitrogen and oxygen atoms in total. The standard InChI is InChI=1S/C18H23NO3/c1-5-12-8-6-7-9-13(12)19-14(20)18-11-10-17(4,15(21)22-18)16(18,2)3/h6-9H,5,10-11H2,1-4H3,(H,19,20). The van der Waals surface area contributed by atoms with Crippen LogP contribution in [0.15, 0.2) is 24.3 Å². The molecule has 0 aromatic heterocycles. The van der Waals surface area contributed by atoms with Crippen LogP contribution in [0.25, 0.3) is 0 Å². The largest absolute Gasteiger partial charge is 0.448 e. The van der Waals surface area contributed by atoms with E-state index in [0.717, 1.165) is 17.7 Å².